The molecule has 0 spiro atoms. The van der Waals surface area contributed by atoms with E-state index in [0.29, 0.717) is 22.7 Å². The molecule has 2 N–H and O–H groups in total. The zero-order valence-corrected chi connectivity index (χ0v) is 12.8. The number of nitrogens with one attached hydrogen (secondary N) is 2. The molecule has 114 valence electrons. The average molecular weight is 298 g/mol. The van der Waals surface area contributed by atoms with Gasteiger partial charge in [0.15, 0.2) is 0 Å². The van der Waals surface area contributed by atoms with Crippen LogP contribution in [0.25, 0.3) is 0 Å². The summed E-state index contributed by atoms with van der Waals surface area (Å²) < 4.78 is 5.21. The van der Waals surface area contributed by atoms with E-state index in [1.165, 1.54) is 14.0 Å². The molecule has 2 aromatic carbocycles. The average Bonchev–Trinajstić information content (AvgIpc) is 2.48. The van der Waals surface area contributed by atoms with Crippen molar-refractivity contribution in [1.82, 2.24) is 0 Å². The lowest BCUT2D eigenvalue weighted by atomic mass is 10.1. The van der Waals surface area contributed by atoms with Gasteiger partial charge in [0.2, 0.25) is 5.91 Å². The van der Waals surface area contributed by atoms with Crippen LogP contribution in [0.15, 0.2) is 42.5 Å². The zero-order chi connectivity index (χ0) is 16.1. The Labute approximate surface area is 129 Å². The predicted molar refractivity (Wildman–Crippen MR) is 86.4 cm³/mol. The highest BCUT2D eigenvalue weighted by molar-refractivity contribution is 6.06. The molecule has 5 nitrogen and oxygen atoms in total. The van der Waals surface area contributed by atoms with Crippen molar-refractivity contribution in [3.05, 3.63) is 53.6 Å². The first-order valence-electron chi connectivity index (χ1n) is 6.83. The molecule has 0 atom stereocenters. The van der Waals surface area contributed by atoms with E-state index in [0.717, 1.165) is 5.56 Å². The van der Waals surface area contributed by atoms with Crippen molar-refractivity contribution in [1.29, 1.82) is 0 Å². The highest BCUT2D eigenvalue weighted by Gasteiger charge is 2.12. The second kappa shape index (κ2) is 6.76. The van der Waals surface area contributed by atoms with Gasteiger partial charge in [0.1, 0.15) is 5.75 Å². The molecule has 0 saturated carbocycles. The van der Waals surface area contributed by atoms with Crippen LogP contribution in [-0.2, 0) is 4.79 Å². The highest BCUT2D eigenvalue weighted by atomic mass is 16.5. The van der Waals surface area contributed by atoms with E-state index in [4.69, 9.17) is 4.74 Å². The number of ether oxygens (including phenoxy) is 1. The quantitative estimate of drug-likeness (QED) is 0.910. The van der Waals surface area contributed by atoms with Gasteiger partial charge in [-0.15, -0.1) is 0 Å². The summed E-state index contributed by atoms with van der Waals surface area (Å²) in [6.45, 7) is 3.36. The summed E-state index contributed by atoms with van der Waals surface area (Å²) in [5.74, 6) is 0.145. The van der Waals surface area contributed by atoms with E-state index in [-0.39, 0.29) is 11.8 Å². The minimum absolute atomic E-state index is 0.138. The summed E-state index contributed by atoms with van der Waals surface area (Å²) >= 11 is 0. The van der Waals surface area contributed by atoms with Crippen molar-refractivity contribution in [3.63, 3.8) is 0 Å². The normalized spacial score (nSPS) is 9.95. The first-order chi connectivity index (χ1) is 10.5. The van der Waals surface area contributed by atoms with E-state index in [9.17, 15) is 9.59 Å². The summed E-state index contributed by atoms with van der Waals surface area (Å²) in [4.78, 5) is 23.3. The van der Waals surface area contributed by atoms with Gasteiger partial charge in [-0.3, -0.25) is 9.59 Å². The largest absolute Gasteiger partial charge is 0.496 e. The lowest BCUT2D eigenvalue weighted by molar-refractivity contribution is -0.114. The fourth-order valence-electron chi connectivity index (χ4n) is 2.04. The molecule has 5 heteroatoms. The Balaban J connectivity index is 2.15. The van der Waals surface area contributed by atoms with Crippen LogP contribution in [0, 0.1) is 6.92 Å². The van der Waals surface area contributed by atoms with E-state index in [2.05, 4.69) is 10.6 Å². The summed E-state index contributed by atoms with van der Waals surface area (Å²) in [5.41, 5.74) is 2.78. The Kier molecular flexibility index (Phi) is 4.78. The fraction of sp³-hybridized carbons (Fsp3) is 0.176. The third-order valence-electron chi connectivity index (χ3n) is 3.06. The number of amides is 2. The summed E-state index contributed by atoms with van der Waals surface area (Å²) in [7, 11) is 1.53. The standard InChI is InChI=1S/C17H18N2O3/c1-11-4-9-16(22-3)15(10-11)17(21)19-14-7-5-13(6-8-14)18-12(2)20/h4-10H,1-3H3,(H,18,20)(H,19,21). The monoisotopic (exact) mass is 298 g/mol. The number of carbonyl (C=O) groups is 2. The maximum atomic E-state index is 12.3. The van der Waals surface area contributed by atoms with E-state index >= 15 is 0 Å². The van der Waals surface area contributed by atoms with Crippen LogP contribution in [0.4, 0.5) is 11.4 Å². The molecule has 2 amide bonds. The Morgan fingerprint density at radius 3 is 2.09 bits per heavy atom. The van der Waals surface area contributed by atoms with Gasteiger partial charge < -0.3 is 15.4 Å². The van der Waals surface area contributed by atoms with E-state index in [1.807, 2.05) is 13.0 Å². The number of rotatable bonds is 4. The van der Waals surface area contributed by atoms with Gasteiger partial charge in [-0.1, -0.05) is 11.6 Å². The van der Waals surface area contributed by atoms with E-state index in [1.54, 1.807) is 36.4 Å². The van der Waals surface area contributed by atoms with Crippen molar-refractivity contribution >= 4 is 23.2 Å². The van der Waals surface area contributed by atoms with Gasteiger partial charge in [0, 0.05) is 18.3 Å². The molecule has 0 bridgehead atoms. The number of hydrogen-bond donors (Lipinski definition) is 2. The molecule has 22 heavy (non-hydrogen) atoms. The lowest BCUT2D eigenvalue weighted by Gasteiger charge is -2.10. The molecule has 0 saturated heterocycles. The van der Waals surface area contributed by atoms with Gasteiger partial charge >= 0.3 is 0 Å². The second-order valence-electron chi connectivity index (χ2n) is 4.92. The number of benzene rings is 2. The van der Waals surface area contributed by atoms with Gasteiger partial charge in [-0.2, -0.15) is 0 Å². The van der Waals surface area contributed by atoms with Gasteiger partial charge in [0.25, 0.3) is 5.91 Å². The van der Waals surface area contributed by atoms with Crippen LogP contribution in [0.5, 0.6) is 5.75 Å². The number of hydrogen-bond acceptors (Lipinski definition) is 3. The molecular formula is C17H18N2O3. The third-order valence-corrected chi connectivity index (χ3v) is 3.06. The summed E-state index contributed by atoms with van der Waals surface area (Å²) in [6, 6.07) is 12.3. The predicted octanol–water partition coefficient (Wildman–Crippen LogP) is 3.21. The lowest BCUT2D eigenvalue weighted by Crippen LogP contribution is -2.13. The molecular weight excluding hydrogens is 280 g/mol. The maximum Gasteiger partial charge on any atom is 0.259 e. The molecule has 0 unspecified atom stereocenters. The fourth-order valence-corrected chi connectivity index (χ4v) is 2.04. The Hall–Kier alpha value is -2.82. The van der Waals surface area contributed by atoms with Crippen molar-refractivity contribution in [3.8, 4) is 5.75 Å². The minimum Gasteiger partial charge on any atom is -0.496 e. The molecule has 0 aliphatic rings. The molecule has 0 fully saturated rings. The van der Waals surface area contributed by atoms with Crippen molar-refractivity contribution in [2.24, 2.45) is 0 Å². The van der Waals surface area contributed by atoms with Crippen molar-refractivity contribution in [2.75, 3.05) is 17.7 Å². The first-order valence-corrected chi connectivity index (χ1v) is 6.83. The van der Waals surface area contributed by atoms with Gasteiger partial charge in [-0.25, -0.2) is 0 Å². The molecule has 0 aliphatic heterocycles. The number of anilines is 2. The van der Waals surface area contributed by atoms with Gasteiger partial charge in [0.05, 0.1) is 12.7 Å². The van der Waals surface area contributed by atoms with Crippen LogP contribution >= 0.6 is 0 Å². The molecule has 0 aromatic heterocycles. The van der Waals surface area contributed by atoms with E-state index < -0.39 is 0 Å². The van der Waals surface area contributed by atoms with Crippen LogP contribution in [0.1, 0.15) is 22.8 Å². The summed E-state index contributed by atoms with van der Waals surface area (Å²) in [5, 5.41) is 5.48. The summed E-state index contributed by atoms with van der Waals surface area (Å²) in [6.07, 6.45) is 0. The molecule has 2 rings (SSSR count). The Bertz CT molecular complexity index is 694. The molecule has 0 heterocycles. The first kappa shape index (κ1) is 15.6. The number of methoxy groups -OCH3 is 1. The Morgan fingerprint density at radius 1 is 0.955 bits per heavy atom. The van der Waals surface area contributed by atoms with Crippen LogP contribution in [-0.4, -0.2) is 18.9 Å². The van der Waals surface area contributed by atoms with Crippen molar-refractivity contribution < 1.29 is 14.3 Å². The maximum absolute atomic E-state index is 12.3. The molecule has 2 aromatic rings. The zero-order valence-electron chi connectivity index (χ0n) is 12.8. The van der Waals surface area contributed by atoms with Crippen LogP contribution < -0.4 is 15.4 Å². The Morgan fingerprint density at radius 2 is 1.55 bits per heavy atom. The van der Waals surface area contributed by atoms with Crippen LogP contribution in [0.2, 0.25) is 0 Å². The minimum atomic E-state index is -0.243. The SMILES string of the molecule is COc1ccc(C)cc1C(=O)Nc1ccc(NC(C)=O)cc1. The topological polar surface area (TPSA) is 67.4 Å². The number of carbonyl (C=O) groups excluding carboxylic acids is 2. The molecule has 0 radical (unpaired) electrons. The van der Waals surface area contributed by atoms with Crippen molar-refractivity contribution in [2.45, 2.75) is 13.8 Å². The third kappa shape index (κ3) is 3.85. The van der Waals surface area contributed by atoms with Crippen LogP contribution in [0.3, 0.4) is 0 Å². The molecule has 0 aliphatic carbocycles. The number of aryl methyl sites for hydroxylation is 1. The van der Waals surface area contributed by atoms with Gasteiger partial charge in [-0.05, 0) is 43.3 Å². The smallest absolute Gasteiger partial charge is 0.259 e. The highest BCUT2D eigenvalue weighted by Crippen LogP contribution is 2.21. The second-order valence-corrected chi connectivity index (χ2v) is 4.92.